The predicted octanol–water partition coefficient (Wildman–Crippen LogP) is 6.41. The molecule has 1 amide bonds. The van der Waals surface area contributed by atoms with E-state index >= 15 is 0 Å². The van der Waals surface area contributed by atoms with Crippen molar-refractivity contribution in [2.24, 2.45) is 0 Å². The fourth-order valence-electron chi connectivity index (χ4n) is 3.87. The Kier molecular flexibility index (Phi) is 6.48. The lowest BCUT2D eigenvalue weighted by atomic mass is 9.87. The number of carbonyl (C=O) groups is 1. The molecule has 0 atom stereocenters. The summed E-state index contributed by atoms with van der Waals surface area (Å²) in [6, 6.07) is 15.4. The van der Waals surface area contributed by atoms with Gasteiger partial charge in [-0.2, -0.15) is 5.26 Å². The lowest BCUT2D eigenvalue weighted by molar-refractivity contribution is -0.112. The molecule has 1 heterocycles. The van der Waals surface area contributed by atoms with E-state index in [0.717, 1.165) is 28.6 Å². The highest BCUT2D eigenvalue weighted by Crippen LogP contribution is 2.39. The van der Waals surface area contributed by atoms with Crippen LogP contribution in [0.1, 0.15) is 45.2 Å². The van der Waals surface area contributed by atoms with E-state index in [1.807, 2.05) is 24.3 Å². The molecule has 1 N–H and O–H groups in total. The quantitative estimate of drug-likeness (QED) is 0.411. The number of carbonyl (C=O) groups excluding carboxylic acids is 1. The lowest BCUT2D eigenvalue weighted by Gasteiger charge is -2.43. The average molecular weight is 464 g/mol. The van der Waals surface area contributed by atoms with Crippen molar-refractivity contribution < 1.29 is 4.79 Å². The van der Waals surface area contributed by atoms with Crippen molar-refractivity contribution in [3.63, 3.8) is 0 Å². The molecule has 30 heavy (non-hydrogen) atoms. The summed E-state index contributed by atoms with van der Waals surface area (Å²) >= 11 is 3.37. The van der Waals surface area contributed by atoms with Crippen molar-refractivity contribution in [1.82, 2.24) is 0 Å². The van der Waals surface area contributed by atoms with Crippen LogP contribution in [0.3, 0.4) is 0 Å². The Morgan fingerprint density at radius 2 is 1.93 bits per heavy atom. The van der Waals surface area contributed by atoms with Crippen LogP contribution in [0, 0.1) is 11.3 Å². The lowest BCUT2D eigenvalue weighted by Crippen LogP contribution is -2.45. The summed E-state index contributed by atoms with van der Waals surface area (Å²) < 4.78 is 0.925. The van der Waals surface area contributed by atoms with Crippen molar-refractivity contribution >= 4 is 44.9 Å². The summed E-state index contributed by atoms with van der Waals surface area (Å²) in [6.45, 7) is 9.72. The van der Waals surface area contributed by atoms with E-state index in [0.29, 0.717) is 5.69 Å². The molecule has 2 aromatic rings. The molecule has 0 bridgehead atoms. The number of nitrogens with zero attached hydrogens (tertiary/aromatic N) is 2. The van der Waals surface area contributed by atoms with E-state index < -0.39 is 5.91 Å². The molecule has 0 radical (unpaired) electrons. The molecule has 0 saturated carbocycles. The first-order valence-corrected chi connectivity index (χ1v) is 10.8. The molecule has 0 aromatic heterocycles. The number of nitriles is 1. The molecule has 154 valence electrons. The van der Waals surface area contributed by atoms with Gasteiger partial charge in [0.25, 0.3) is 5.91 Å². The van der Waals surface area contributed by atoms with E-state index in [4.69, 9.17) is 0 Å². The minimum absolute atomic E-state index is 0.0488. The highest BCUT2D eigenvalue weighted by atomic mass is 79.9. The van der Waals surface area contributed by atoms with E-state index in [9.17, 15) is 10.1 Å². The molecule has 0 spiro atoms. The van der Waals surface area contributed by atoms with Crippen LogP contribution in [0.2, 0.25) is 0 Å². The molecule has 0 aliphatic carbocycles. The molecule has 3 rings (SSSR count). The second-order valence-electron chi connectivity index (χ2n) is 8.04. The minimum Gasteiger partial charge on any atom is -0.362 e. The Morgan fingerprint density at radius 3 is 2.57 bits per heavy atom. The Labute approximate surface area is 187 Å². The molecule has 0 saturated heterocycles. The molecule has 4 nitrogen and oxygen atoms in total. The minimum atomic E-state index is -0.418. The number of halogens is 1. The summed E-state index contributed by atoms with van der Waals surface area (Å²) in [5.74, 6) is -0.418. The van der Waals surface area contributed by atoms with Crippen molar-refractivity contribution in [3.8, 4) is 6.07 Å². The Balaban J connectivity index is 1.91. The first-order chi connectivity index (χ1) is 14.2. The summed E-state index contributed by atoms with van der Waals surface area (Å²) in [7, 11) is 0. The molecule has 5 heteroatoms. The van der Waals surface area contributed by atoms with Crippen LogP contribution >= 0.6 is 15.9 Å². The highest BCUT2D eigenvalue weighted by molar-refractivity contribution is 9.10. The van der Waals surface area contributed by atoms with Crippen LogP contribution in [-0.4, -0.2) is 18.0 Å². The van der Waals surface area contributed by atoms with Gasteiger partial charge in [-0.15, -0.1) is 0 Å². The fourth-order valence-corrected chi connectivity index (χ4v) is 4.13. The smallest absolute Gasteiger partial charge is 0.266 e. The topological polar surface area (TPSA) is 56.1 Å². The van der Waals surface area contributed by atoms with Gasteiger partial charge in [0.05, 0.1) is 5.54 Å². The molecule has 0 fully saturated rings. The zero-order valence-corrected chi connectivity index (χ0v) is 19.4. The number of allylic oxidation sites excluding steroid dienone is 1. The van der Waals surface area contributed by atoms with E-state index in [1.165, 1.54) is 11.3 Å². The normalized spacial score (nSPS) is 15.1. The van der Waals surface area contributed by atoms with Crippen LogP contribution in [0.4, 0.5) is 11.4 Å². The predicted molar refractivity (Wildman–Crippen MR) is 128 cm³/mol. The van der Waals surface area contributed by atoms with Crippen LogP contribution in [0.25, 0.3) is 11.6 Å². The number of fused-ring (bicyclic) bond motifs is 1. The maximum absolute atomic E-state index is 12.6. The van der Waals surface area contributed by atoms with Crippen LogP contribution in [0.15, 0.2) is 58.6 Å². The number of anilines is 2. The van der Waals surface area contributed by atoms with E-state index in [-0.39, 0.29) is 11.1 Å². The second kappa shape index (κ2) is 8.89. The number of benzene rings is 2. The van der Waals surface area contributed by atoms with Gasteiger partial charge in [0, 0.05) is 28.0 Å². The van der Waals surface area contributed by atoms with Crippen molar-refractivity contribution in [2.75, 3.05) is 16.8 Å². The third-order valence-electron chi connectivity index (χ3n) is 5.23. The SMILES string of the molecule is CCCN1c2ccc(/C=C(\C#N)C(=O)Nc3ccc(Br)cc3)cc2C(C)=CC1(C)C. The van der Waals surface area contributed by atoms with Gasteiger partial charge in [-0.1, -0.05) is 35.0 Å². The number of rotatable bonds is 5. The van der Waals surface area contributed by atoms with Gasteiger partial charge < -0.3 is 10.2 Å². The molecule has 1 aliphatic heterocycles. The highest BCUT2D eigenvalue weighted by Gasteiger charge is 2.30. The summed E-state index contributed by atoms with van der Waals surface area (Å²) in [4.78, 5) is 15.0. The van der Waals surface area contributed by atoms with Crippen molar-refractivity contribution in [2.45, 2.75) is 39.7 Å². The van der Waals surface area contributed by atoms with Gasteiger partial charge in [0.15, 0.2) is 0 Å². The zero-order valence-electron chi connectivity index (χ0n) is 17.8. The third-order valence-corrected chi connectivity index (χ3v) is 5.76. The van der Waals surface area contributed by atoms with Crippen molar-refractivity contribution in [3.05, 3.63) is 69.7 Å². The second-order valence-corrected chi connectivity index (χ2v) is 8.96. The molecule has 0 unspecified atom stereocenters. The first-order valence-electron chi connectivity index (χ1n) is 10.1. The van der Waals surface area contributed by atoms with E-state index in [1.54, 1.807) is 18.2 Å². The van der Waals surface area contributed by atoms with Crippen LogP contribution < -0.4 is 10.2 Å². The van der Waals surface area contributed by atoms with Gasteiger partial charge in [-0.05, 0) is 80.8 Å². The van der Waals surface area contributed by atoms with Gasteiger partial charge >= 0.3 is 0 Å². The van der Waals surface area contributed by atoms with Crippen LogP contribution in [0.5, 0.6) is 0 Å². The molecular weight excluding hydrogens is 438 g/mol. The summed E-state index contributed by atoms with van der Waals surface area (Å²) in [6.07, 6.45) is 4.99. The Hall–Kier alpha value is -2.84. The number of hydrogen-bond donors (Lipinski definition) is 1. The maximum atomic E-state index is 12.6. The third kappa shape index (κ3) is 4.66. The maximum Gasteiger partial charge on any atom is 0.266 e. The Bertz CT molecular complexity index is 1060. The fraction of sp³-hybridized carbons (Fsp3) is 0.280. The average Bonchev–Trinajstić information content (AvgIpc) is 2.70. The van der Waals surface area contributed by atoms with Crippen LogP contribution in [-0.2, 0) is 4.79 Å². The monoisotopic (exact) mass is 463 g/mol. The zero-order chi connectivity index (χ0) is 21.9. The molecular formula is C25H26BrN3O. The standard InChI is InChI=1S/C25H26BrN3O/c1-5-12-29-23-11-6-18(14-22(23)17(2)15-25(29,3)4)13-19(16-27)24(30)28-21-9-7-20(26)8-10-21/h6-11,13-15H,5,12H2,1-4H3,(H,28,30)/b19-13+. The van der Waals surface area contributed by atoms with E-state index in [2.05, 4.69) is 72.1 Å². The summed E-state index contributed by atoms with van der Waals surface area (Å²) in [5.41, 5.74) is 5.04. The first kappa shape index (κ1) is 21.9. The van der Waals surface area contributed by atoms with Gasteiger partial charge in [-0.3, -0.25) is 4.79 Å². The van der Waals surface area contributed by atoms with Gasteiger partial charge in [0.2, 0.25) is 0 Å². The largest absolute Gasteiger partial charge is 0.362 e. The Morgan fingerprint density at radius 1 is 1.23 bits per heavy atom. The molecule has 1 aliphatic rings. The number of hydrogen-bond acceptors (Lipinski definition) is 3. The number of nitrogens with one attached hydrogen (secondary N) is 1. The van der Waals surface area contributed by atoms with Crippen molar-refractivity contribution in [1.29, 1.82) is 5.26 Å². The number of amides is 1. The van der Waals surface area contributed by atoms with Gasteiger partial charge in [-0.25, -0.2) is 0 Å². The molecule has 2 aromatic carbocycles. The summed E-state index contributed by atoms with van der Waals surface area (Å²) in [5, 5.41) is 12.3. The van der Waals surface area contributed by atoms with Gasteiger partial charge in [0.1, 0.15) is 11.6 Å².